The molecule has 3 rings (SSSR count). The second kappa shape index (κ2) is 6.16. The lowest BCUT2D eigenvalue weighted by Gasteiger charge is -2.15. The Labute approximate surface area is 146 Å². The highest BCUT2D eigenvalue weighted by molar-refractivity contribution is 5.94. The van der Waals surface area contributed by atoms with Crippen molar-refractivity contribution >= 4 is 10.9 Å². The molecule has 0 bridgehead atoms. The summed E-state index contributed by atoms with van der Waals surface area (Å²) in [7, 11) is 0. The van der Waals surface area contributed by atoms with Gasteiger partial charge in [-0.25, -0.2) is 9.37 Å². The molecule has 0 spiro atoms. The molecule has 1 aromatic heterocycles. The Morgan fingerprint density at radius 1 is 0.962 bits per heavy atom. The molecule has 2 N–H and O–H groups in total. The zero-order valence-electron chi connectivity index (χ0n) is 13.9. The molecule has 2 aromatic carbocycles. The van der Waals surface area contributed by atoms with Crippen LogP contribution in [-0.4, -0.2) is 15.2 Å². The molecule has 3 aromatic rings. The lowest BCUT2D eigenvalue weighted by atomic mass is 9.95. The summed E-state index contributed by atoms with van der Waals surface area (Å²) in [6.45, 7) is 3.55. The Kier molecular flexibility index (Phi) is 4.26. The molecule has 0 amide bonds. The molecule has 26 heavy (non-hydrogen) atoms. The van der Waals surface area contributed by atoms with Gasteiger partial charge in [-0.1, -0.05) is 13.8 Å². The van der Waals surface area contributed by atoms with Crippen LogP contribution >= 0.6 is 0 Å². The summed E-state index contributed by atoms with van der Waals surface area (Å²) in [5.41, 5.74) is -0.612. The van der Waals surface area contributed by atoms with E-state index < -0.39 is 17.7 Å². The number of nitrogens with zero attached hydrogens (tertiary/aromatic N) is 1. The van der Waals surface area contributed by atoms with Gasteiger partial charge in [0.15, 0.2) is 0 Å². The van der Waals surface area contributed by atoms with Crippen LogP contribution in [0, 0.1) is 5.82 Å². The normalized spacial score (nSPS) is 12.1. The molecule has 0 radical (unpaired) electrons. The third kappa shape index (κ3) is 3.05. The van der Waals surface area contributed by atoms with Crippen molar-refractivity contribution in [1.29, 1.82) is 0 Å². The molecule has 0 aliphatic rings. The second-order valence-electron chi connectivity index (χ2n) is 6.27. The smallest absolute Gasteiger partial charge is 0.433 e. The van der Waals surface area contributed by atoms with Crippen molar-refractivity contribution in [3.05, 3.63) is 53.5 Å². The number of fused-ring (bicyclic) bond motifs is 1. The summed E-state index contributed by atoms with van der Waals surface area (Å²) in [5.74, 6) is -1.26. The van der Waals surface area contributed by atoms with Crippen LogP contribution in [0.2, 0.25) is 0 Å². The monoisotopic (exact) mass is 365 g/mol. The fourth-order valence-corrected chi connectivity index (χ4v) is 2.94. The first-order valence-electron chi connectivity index (χ1n) is 7.82. The van der Waals surface area contributed by atoms with Crippen molar-refractivity contribution in [3.8, 4) is 22.6 Å². The highest BCUT2D eigenvalue weighted by Crippen LogP contribution is 2.40. The first kappa shape index (κ1) is 18.0. The topological polar surface area (TPSA) is 53.4 Å². The van der Waals surface area contributed by atoms with Gasteiger partial charge >= 0.3 is 6.18 Å². The maximum Gasteiger partial charge on any atom is 0.433 e. The highest BCUT2D eigenvalue weighted by Gasteiger charge is 2.33. The fourth-order valence-electron chi connectivity index (χ4n) is 2.94. The van der Waals surface area contributed by atoms with Crippen LogP contribution < -0.4 is 0 Å². The Morgan fingerprint density at radius 3 is 2.12 bits per heavy atom. The van der Waals surface area contributed by atoms with Gasteiger partial charge in [0, 0.05) is 16.5 Å². The summed E-state index contributed by atoms with van der Waals surface area (Å²) < 4.78 is 53.0. The van der Waals surface area contributed by atoms with Gasteiger partial charge in [-0.05, 0) is 47.9 Å². The molecule has 0 atom stereocenters. The zero-order chi connectivity index (χ0) is 19.2. The molecule has 0 unspecified atom stereocenters. The summed E-state index contributed by atoms with van der Waals surface area (Å²) >= 11 is 0. The largest absolute Gasteiger partial charge is 0.507 e. The zero-order valence-corrected chi connectivity index (χ0v) is 13.9. The fraction of sp³-hybridized carbons (Fsp3) is 0.211. The number of hydrogen-bond donors (Lipinski definition) is 2. The molecule has 136 valence electrons. The maximum atomic E-state index is 14.0. The molecule has 0 fully saturated rings. The first-order chi connectivity index (χ1) is 12.1. The van der Waals surface area contributed by atoms with Crippen molar-refractivity contribution in [2.24, 2.45) is 0 Å². The first-order valence-corrected chi connectivity index (χ1v) is 7.82. The number of aromatic nitrogens is 1. The van der Waals surface area contributed by atoms with Gasteiger partial charge in [-0.2, -0.15) is 13.2 Å². The van der Waals surface area contributed by atoms with Crippen LogP contribution in [-0.2, 0) is 6.18 Å². The highest BCUT2D eigenvalue weighted by atomic mass is 19.4. The number of benzene rings is 2. The maximum absolute atomic E-state index is 14.0. The van der Waals surface area contributed by atoms with E-state index in [1.165, 1.54) is 18.2 Å². The number of alkyl halides is 3. The number of hydrogen-bond acceptors (Lipinski definition) is 3. The van der Waals surface area contributed by atoms with E-state index in [9.17, 15) is 27.8 Å². The van der Waals surface area contributed by atoms with Crippen molar-refractivity contribution in [2.75, 3.05) is 0 Å². The Hall–Kier alpha value is -2.83. The minimum atomic E-state index is -4.68. The van der Waals surface area contributed by atoms with E-state index in [4.69, 9.17) is 0 Å². The Balaban J connectivity index is 2.30. The molecule has 0 aliphatic heterocycles. The molecule has 0 saturated heterocycles. The summed E-state index contributed by atoms with van der Waals surface area (Å²) in [4.78, 5) is 3.57. The molecular formula is C19H15F4NO2. The van der Waals surface area contributed by atoms with Crippen LogP contribution in [0.4, 0.5) is 17.6 Å². The minimum absolute atomic E-state index is 0.0811. The van der Waals surface area contributed by atoms with Crippen LogP contribution in [0.25, 0.3) is 22.0 Å². The Bertz CT molecular complexity index is 974. The van der Waals surface area contributed by atoms with E-state index in [1.54, 1.807) is 13.8 Å². The van der Waals surface area contributed by atoms with Crippen molar-refractivity contribution in [1.82, 2.24) is 4.98 Å². The molecule has 0 aliphatic carbocycles. The van der Waals surface area contributed by atoms with E-state index in [1.807, 2.05) is 0 Å². The lowest BCUT2D eigenvalue weighted by Crippen LogP contribution is -2.08. The predicted molar refractivity (Wildman–Crippen MR) is 89.6 cm³/mol. The van der Waals surface area contributed by atoms with Crippen molar-refractivity contribution in [2.45, 2.75) is 25.9 Å². The molecule has 1 heterocycles. The summed E-state index contributed by atoms with van der Waals surface area (Å²) in [5, 5.41) is 20.3. The van der Waals surface area contributed by atoms with E-state index in [-0.39, 0.29) is 39.4 Å². The third-order valence-corrected chi connectivity index (χ3v) is 4.12. The average molecular weight is 365 g/mol. The van der Waals surface area contributed by atoms with Gasteiger partial charge in [-0.15, -0.1) is 0 Å². The average Bonchev–Trinajstić information content (AvgIpc) is 2.53. The Morgan fingerprint density at radius 2 is 1.58 bits per heavy atom. The van der Waals surface area contributed by atoms with Gasteiger partial charge in [0.2, 0.25) is 0 Å². The molecule has 0 saturated carbocycles. The summed E-state index contributed by atoms with van der Waals surface area (Å²) in [6.07, 6.45) is -4.68. The van der Waals surface area contributed by atoms with Gasteiger partial charge in [0.05, 0.1) is 5.52 Å². The van der Waals surface area contributed by atoms with E-state index >= 15 is 0 Å². The SMILES string of the molecule is CC(C)c1c(O)cc(-c2ccc(F)c3ccc(C(F)(F)F)nc23)cc1O. The predicted octanol–water partition coefficient (Wildman–Crippen LogP) is 5.59. The van der Waals surface area contributed by atoms with Gasteiger partial charge in [-0.3, -0.25) is 0 Å². The molecule has 7 heteroatoms. The number of phenols is 2. The summed E-state index contributed by atoms with van der Waals surface area (Å²) in [6, 6.07) is 6.76. The number of pyridine rings is 1. The standard InChI is InChI=1S/C19H15F4NO2/c1-9(2)17-14(25)7-10(8-15(17)26)11-3-5-13(20)12-4-6-16(19(21,22)23)24-18(11)12/h3-9,25-26H,1-2H3. The molecular weight excluding hydrogens is 350 g/mol. The minimum Gasteiger partial charge on any atom is -0.507 e. The third-order valence-electron chi connectivity index (χ3n) is 4.12. The van der Waals surface area contributed by atoms with Crippen LogP contribution in [0.3, 0.4) is 0 Å². The van der Waals surface area contributed by atoms with Crippen molar-refractivity contribution in [3.63, 3.8) is 0 Å². The number of phenolic OH excluding ortho intramolecular Hbond substituents is 2. The van der Waals surface area contributed by atoms with E-state index in [0.29, 0.717) is 11.6 Å². The van der Waals surface area contributed by atoms with Crippen molar-refractivity contribution < 1.29 is 27.8 Å². The van der Waals surface area contributed by atoms with Crippen LogP contribution in [0.1, 0.15) is 31.0 Å². The second-order valence-corrected chi connectivity index (χ2v) is 6.27. The van der Waals surface area contributed by atoms with Gasteiger partial charge < -0.3 is 10.2 Å². The van der Waals surface area contributed by atoms with E-state index in [0.717, 1.165) is 12.1 Å². The van der Waals surface area contributed by atoms with E-state index in [2.05, 4.69) is 4.98 Å². The van der Waals surface area contributed by atoms with Gasteiger partial charge in [0.25, 0.3) is 0 Å². The molecule has 3 nitrogen and oxygen atoms in total. The lowest BCUT2D eigenvalue weighted by molar-refractivity contribution is -0.140. The number of aromatic hydroxyl groups is 2. The van der Waals surface area contributed by atoms with Gasteiger partial charge in [0.1, 0.15) is 23.0 Å². The quantitative estimate of drug-likeness (QED) is 0.582. The number of rotatable bonds is 2. The van der Waals surface area contributed by atoms with Crippen LogP contribution in [0.15, 0.2) is 36.4 Å². The number of halogens is 4. The van der Waals surface area contributed by atoms with Crippen LogP contribution in [0.5, 0.6) is 11.5 Å².